The zero-order valence-electron chi connectivity index (χ0n) is 8.04. The van der Waals surface area contributed by atoms with E-state index in [4.69, 9.17) is 9.47 Å². The van der Waals surface area contributed by atoms with Gasteiger partial charge < -0.3 is 19.7 Å². The number of hydrogen-bond acceptors (Lipinski definition) is 6. The summed E-state index contributed by atoms with van der Waals surface area (Å²) in [5, 5.41) is 18.8. The van der Waals surface area contributed by atoms with Crippen LogP contribution in [0.5, 0.6) is 0 Å². The van der Waals surface area contributed by atoms with E-state index < -0.39 is 24.6 Å². The largest absolute Gasteiger partial charge is 0.387 e. The predicted octanol–water partition coefficient (Wildman–Crippen LogP) is -0.641. The molecule has 0 aromatic heterocycles. The molecular weight excluding hydrogens is 208 g/mol. The molecule has 1 aliphatic rings. The van der Waals surface area contributed by atoms with Crippen molar-refractivity contribution in [2.45, 2.75) is 31.5 Å². The summed E-state index contributed by atoms with van der Waals surface area (Å²) < 4.78 is 9.99. The number of aliphatic hydroxyl groups is 2. The first-order valence-corrected chi connectivity index (χ1v) is 5.22. The molecule has 6 heteroatoms. The summed E-state index contributed by atoms with van der Waals surface area (Å²) in [5.74, 6) is 0.327. The number of methoxy groups -OCH3 is 1. The van der Waals surface area contributed by atoms with Crippen LogP contribution in [0.1, 0.15) is 6.92 Å². The summed E-state index contributed by atoms with van der Waals surface area (Å²) in [6.07, 6.45) is -3.39. The van der Waals surface area contributed by atoms with E-state index in [0.717, 1.165) is 11.8 Å². The molecule has 1 rings (SSSR count). The van der Waals surface area contributed by atoms with Crippen LogP contribution in [0.15, 0.2) is 0 Å². The molecule has 0 spiro atoms. The summed E-state index contributed by atoms with van der Waals surface area (Å²) in [6.45, 7) is 1.44. The highest BCUT2D eigenvalue weighted by molar-refractivity contribution is 8.13. The van der Waals surface area contributed by atoms with Crippen molar-refractivity contribution in [1.29, 1.82) is 0 Å². The molecular formula is C8H14O5S. The van der Waals surface area contributed by atoms with Gasteiger partial charge >= 0.3 is 0 Å². The van der Waals surface area contributed by atoms with Crippen molar-refractivity contribution in [1.82, 2.24) is 0 Å². The van der Waals surface area contributed by atoms with E-state index >= 15 is 0 Å². The van der Waals surface area contributed by atoms with Crippen LogP contribution >= 0.6 is 11.8 Å². The topological polar surface area (TPSA) is 76.0 Å². The summed E-state index contributed by atoms with van der Waals surface area (Å²) >= 11 is 1.06. The molecule has 82 valence electrons. The molecule has 5 nitrogen and oxygen atoms in total. The highest BCUT2D eigenvalue weighted by Crippen LogP contribution is 2.24. The Bertz CT molecular complexity index is 210. The van der Waals surface area contributed by atoms with Gasteiger partial charge in [-0.1, -0.05) is 11.8 Å². The molecule has 2 N–H and O–H groups in total. The number of aliphatic hydroxyl groups excluding tert-OH is 2. The van der Waals surface area contributed by atoms with Gasteiger partial charge in [0.1, 0.15) is 12.2 Å². The Morgan fingerprint density at radius 2 is 2.14 bits per heavy atom. The lowest BCUT2D eigenvalue weighted by Crippen LogP contribution is -2.33. The van der Waals surface area contributed by atoms with E-state index in [1.807, 2.05) is 0 Å². The Labute approximate surface area is 86.4 Å². The lowest BCUT2D eigenvalue weighted by molar-refractivity contribution is -0.145. The minimum Gasteiger partial charge on any atom is -0.387 e. The minimum absolute atomic E-state index is 0.0452. The Kier molecular flexibility index (Phi) is 4.33. The van der Waals surface area contributed by atoms with Crippen molar-refractivity contribution in [2.75, 3.05) is 12.9 Å². The lowest BCUT2D eigenvalue weighted by Gasteiger charge is -2.12. The maximum absolute atomic E-state index is 10.7. The molecule has 0 saturated carbocycles. The molecule has 1 fully saturated rings. The van der Waals surface area contributed by atoms with Crippen molar-refractivity contribution >= 4 is 16.9 Å². The average molecular weight is 222 g/mol. The standard InChI is InChI=1S/C8H14O5S/c1-4(9)14-3-5-6(10)7(11)8(12-2)13-5/h5-8,10-11H,3H2,1-2H3/t5-,6+,7-,8+/m1/s1. The fourth-order valence-corrected chi connectivity index (χ4v) is 1.92. The fraction of sp³-hybridized carbons (Fsp3) is 0.875. The first-order chi connectivity index (χ1) is 6.56. The summed E-state index contributed by atoms with van der Waals surface area (Å²) in [5.41, 5.74) is 0. The monoisotopic (exact) mass is 222 g/mol. The van der Waals surface area contributed by atoms with Crippen LogP contribution in [0.25, 0.3) is 0 Å². The molecule has 1 aliphatic heterocycles. The molecule has 0 radical (unpaired) electrons. The Morgan fingerprint density at radius 1 is 1.50 bits per heavy atom. The van der Waals surface area contributed by atoms with Crippen LogP contribution in [0, 0.1) is 0 Å². The second-order valence-electron chi connectivity index (χ2n) is 3.06. The third-order valence-electron chi connectivity index (χ3n) is 2.00. The fourth-order valence-electron chi connectivity index (χ4n) is 1.25. The lowest BCUT2D eigenvalue weighted by atomic mass is 10.2. The van der Waals surface area contributed by atoms with Crippen LogP contribution in [-0.2, 0) is 14.3 Å². The van der Waals surface area contributed by atoms with Gasteiger partial charge in [-0.15, -0.1) is 0 Å². The third kappa shape index (κ3) is 2.68. The van der Waals surface area contributed by atoms with Crippen molar-refractivity contribution in [2.24, 2.45) is 0 Å². The molecule has 0 aliphatic carbocycles. The number of carbonyl (C=O) groups is 1. The first kappa shape index (κ1) is 11.9. The van der Waals surface area contributed by atoms with Crippen LogP contribution in [0.4, 0.5) is 0 Å². The molecule has 0 bridgehead atoms. The van der Waals surface area contributed by atoms with Gasteiger partial charge in [0.2, 0.25) is 0 Å². The number of rotatable bonds is 3. The van der Waals surface area contributed by atoms with Crippen molar-refractivity contribution in [3.05, 3.63) is 0 Å². The third-order valence-corrected chi connectivity index (χ3v) is 2.90. The van der Waals surface area contributed by atoms with Crippen LogP contribution < -0.4 is 0 Å². The van der Waals surface area contributed by atoms with Gasteiger partial charge in [-0.3, -0.25) is 4.79 Å². The molecule has 0 unspecified atom stereocenters. The van der Waals surface area contributed by atoms with Crippen LogP contribution in [0.2, 0.25) is 0 Å². The van der Waals surface area contributed by atoms with E-state index in [0.29, 0.717) is 5.75 Å². The van der Waals surface area contributed by atoms with Crippen molar-refractivity contribution < 1.29 is 24.5 Å². The number of hydrogen-bond donors (Lipinski definition) is 2. The van der Waals surface area contributed by atoms with Gasteiger partial charge in [0.25, 0.3) is 0 Å². The summed E-state index contributed by atoms with van der Waals surface area (Å²) in [7, 11) is 1.39. The summed E-state index contributed by atoms with van der Waals surface area (Å²) in [6, 6.07) is 0. The van der Waals surface area contributed by atoms with Gasteiger partial charge in [-0.2, -0.15) is 0 Å². The average Bonchev–Trinajstić information content (AvgIpc) is 2.41. The van der Waals surface area contributed by atoms with E-state index in [-0.39, 0.29) is 5.12 Å². The first-order valence-electron chi connectivity index (χ1n) is 4.24. The molecule has 4 atom stereocenters. The SMILES string of the molecule is CO[C@H]1O[C@H](CSC(C)=O)[C@H](O)[C@H]1O. The predicted molar refractivity (Wildman–Crippen MR) is 50.8 cm³/mol. The van der Waals surface area contributed by atoms with Crippen molar-refractivity contribution in [3.8, 4) is 0 Å². The Morgan fingerprint density at radius 3 is 2.57 bits per heavy atom. The highest BCUT2D eigenvalue weighted by atomic mass is 32.2. The van der Waals surface area contributed by atoms with Gasteiger partial charge in [0, 0.05) is 19.8 Å². The zero-order valence-corrected chi connectivity index (χ0v) is 8.86. The van der Waals surface area contributed by atoms with Gasteiger partial charge in [0.05, 0.1) is 6.10 Å². The quantitative estimate of drug-likeness (QED) is 0.661. The van der Waals surface area contributed by atoms with E-state index in [2.05, 4.69) is 0 Å². The van der Waals surface area contributed by atoms with Gasteiger partial charge in [-0.05, 0) is 0 Å². The Balaban J connectivity index is 2.44. The normalized spacial score (nSPS) is 37.4. The number of ether oxygens (including phenoxy) is 2. The summed E-state index contributed by atoms with van der Waals surface area (Å²) in [4.78, 5) is 10.7. The maximum Gasteiger partial charge on any atom is 0.186 e. The molecule has 1 heterocycles. The highest BCUT2D eigenvalue weighted by Gasteiger charge is 2.42. The van der Waals surface area contributed by atoms with Crippen LogP contribution in [-0.4, -0.2) is 52.8 Å². The molecule has 0 amide bonds. The molecule has 1 saturated heterocycles. The smallest absolute Gasteiger partial charge is 0.186 e. The van der Waals surface area contributed by atoms with E-state index in [1.54, 1.807) is 0 Å². The molecule has 0 aromatic rings. The second kappa shape index (κ2) is 5.09. The van der Waals surface area contributed by atoms with Gasteiger partial charge in [-0.25, -0.2) is 0 Å². The number of thioether (sulfide) groups is 1. The van der Waals surface area contributed by atoms with E-state index in [9.17, 15) is 15.0 Å². The number of carbonyl (C=O) groups excluding carboxylic acids is 1. The van der Waals surface area contributed by atoms with E-state index in [1.165, 1.54) is 14.0 Å². The van der Waals surface area contributed by atoms with Crippen molar-refractivity contribution in [3.63, 3.8) is 0 Å². The Hall–Kier alpha value is -0.140. The second-order valence-corrected chi connectivity index (χ2v) is 4.26. The molecule has 0 aromatic carbocycles. The molecule has 14 heavy (non-hydrogen) atoms. The minimum atomic E-state index is -1.04. The van der Waals surface area contributed by atoms with Gasteiger partial charge in [0.15, 0.2) is 11.4 Å². The van der Waals surface area contributed by atoms with Crippen LogP contribution in [0.3, 0.4) is 0 Å². The zero-order chi connectivity index (χ0) is 10.7. The maximum atomic E-state index is 10.7.